The van der Waals surface area contributed by atoms with Gasteiger partial charge in [0.2, 0.25) is 5.91 Å². The van der Waals surface area contributed by atoms with Crippen molar-refractivity contribution >= 4 is 17.3 Å². The van der Waals surface area contributed by atoms with Crippen LogP contribution < -0.4 is 9.80 Å². The molecule has 1 spiro atoms. The first-order valence-electron chi connectivity index (χ1n) is 14.7. The molecule has 1 aromatic carbocycles. The molecule has 5 nitrogen and oxygen atoms in total. The molecule has 1 amide bonds. The van der Waals surface area contributed by atoms with Crippen molar-refractivity contribution < 1.29 is 4.79 Å². The molecule has 0 radical (unpaired) electrons. The van der Waals surface area contributed by atoms with Crippen LogP contribution in [0.4, 0.5) is 11.4 Å². The van der Waals surface area contributed by atoms with Crippen LogP contribution in [0.1, 0.15) is 76.7 Å². The van der Waals surface area contributed by atoms with Crippen molar-refractivity contribution in [1.82, 2.24) is 9.80 Å². The Labute approximate surface area is 212 Å². The van der Waals surface area contributed by atoms with Crippen LogP contribution in [0.15, 0.2) is 18.2 Å². The van der Waals surface area contributed by atoms with E-state index in [1.54, 1.807) is 0 Å². The average Bonchev–Trinajstić information content (AvgIpc) is 3.66. The third-order valence-electron chi connectivity index (χ3n) is 10.4. The van der Waals surface area contributed by atoms with E-state index in [1.165, 1.54) is 69.3 Å². The topological polar surface area (TPSA) is 30.0 Å². The summed E-state index contributed by atoms with van der Waals surface area (Å²) in [6.07, 6.45) is 12.8. The molecular weight excluding hydrogens is 432 g/mol. The average molecular weight is 479 g/mol. The van der Waals surface area contributed by atoms with Gasteiger partial charge in [-0.2, -0.15) is 0 Å². The Hall–Kier alpha value is -1.59. The van der Waals surface area contributed by atoms with Crippen LogP contribution in [0.2, 0.25) is 0 Å². The number of benzene rings is 1. The molecule has 0 aromatic heterocycles. The van der Waals surface area contributed by atoms with Crippen LogP contribution in [0.25, 0.3) is 0 Å². The number of anilines is 2. The summed E-state index contributed by atoms with van der Waals surface area (Å²) in [6, 6.07) is 8.30. The van der Waals surface area contributed by atoms with Crippen molar-refractivity contribution in [1.29, 1.82) is 0 Å². The number of nitrogens with zero attached hydrogens (tertiary/aromatic N) is 4. The van der Waals surface area contributed by atoms with Crippen molar-refractivity contribution in [3.63, 3.8) is 0 Å². The molecule has 192 valence electrons. The zero-order valence-corrected chi connectivity index (χ0v) is 22.2. The van der Waals surface area contributed by atoms with Gasteiger partial charge < -0.3 is 14.7 Å². The molecule has 1 aromatic rings. The summed E-state index contributed by atoms with van der Waals surface area (Å²) in [4.78, 5) is 23.8. The van der Waals surface area contributed by atoms with E-state index in [2.05, 4.69) is 51.6 Å². The lowest BCUT2D eigenvalue weighted by Gasteiger charge is -2.39. The maximum Gasteiger partial charge on any atom is 0.233 e. The highest BCUT2D eigenvalue weighted by atomic mass is 16.2. The fraction of sp³-hybridized carbons (Fsp3) is 0.767. The molecule has 4 heterocycles. The van der Waals surface area contributed by atoms with Gasteiger partial charge in [-0.25, -0.2) is 0 Å². The molecule has 2 atom stereocenters. The summed E-state index contributed by atoms with van der Waals surface area (Å²) in [5.74, 6) is 1.31. The number of hydrogen-bond donors (Lipinski definition) is 0. The Morgan fingerprint density at radius 3 is 2.40 bits per heavy atom. The first-order chi connectivity index (χ1) is 17.0. The van der Waals surface area contributed by atoms with Crippen LogP contribution in [0.5, 0.6) is 0 Å². The van der Waals surface area contributed by atoms with Crippen molar-refractivity contribution in [2.45, 2.75) is 90.1 Å². The van der Waals surface area contributed by atoms with Crippen LogP contribution in [-0.2, 0) is 4.79 Å². The first-order valence-corrected chi connectivity index (χ1v) is 14.7. The lowest BCUT2D eigenvalue weighted by Crippen LogP contribution is -2.45. The highest BCUT2D eigenvalue weighted by molar-refractivity contribution is 6.00. The Morgan fingerprint density at radius 1 is 0.914 bits per heavy atom. The molecule has 6 rings (SSSR count). The fourth-order valence-corrected chi connectivity index (χ4v) is 8.12. The lowest BCUT2D eigenvalue weighted by atomic mass is 9.77. The van der Waals surface area contributed by atoms with Crippen LogP contribution in [-0.4, -0.2) is 73.6 Å². The van der Waals surface area contributed by atoms with E-state index in [1.807, 2.05) is 0 Å². The van der Waals surface area contributed by atoms with E-state index in [0.717, 1.165) is 69.6 Å². The summed E-state index contributed by atoms with van der Waals surface area (Å²) < 4.78 is 0. The van der Waals surface area contributed by atoms with Gasteiger partial charge in [-0.1, -0.05) is 12.8 Å². The number of piperidine rings is 1. The molecule has 1 saturated carbocycles. The second-order valence-electron chi connectivity index (χ2n) is 12.5. The SMILES string of the molecule is Cc1cc(N2CCC(N3CCC[C@@H]3C)C2)ccc1N1CCC2(CCN(CC3CCCC3)CC2)C1=O. The van der Waals surface area contributed by atoms with Gasteiger partial charge >= 0.3 is 0 Å². The Bertz CT molecular complexity index is 917. The van der Waals surface area contributed by atoms with Crippen LogP contribution in [0.3, 0.4) is 0 Å². The largest absolute Gasteiger partial charge is 0.370 e. The van der Waals surface area contributed by atoms with Gasteiger partial charge in [-0.05, 0) is 115 Å². The molecule has 35 heavy (non-hydrogen) atoms. The van der Waals surface area contributed by atoms with Crippen molar-refractivity contribution in [3.05, 3.63) is 23.8 Å². The third kappa shape index (κ3) is 4.52. The molecule has 1 aliphatic carbocycles. The first kappa shape index (κ1) is 23.8. The third-order valence-corrected chi connectivity index (χ3v) is 10.4. The molecule has 0 N–H and O–H groups in total. The van der Waals surface area contributed by atoms with Crippen molar-refractivity contribution in [2.75, 3.05) is 55.6 Å². The minimum absolute atomic E-state index is 0.105. The van der Waals surface area contributed by atoms with E-state index in [4.69, 9.17) is 0 Å². The summed E-state index contributed by atoms with van der Waals surface area (Å²) in [5, 5.41) is 0. The van der Waals surface area contributed by atoms with E-state index >= 15 is 0 Å². The Kier molecular flexibility index (Phi) is 6.59. The van der Waals surface area contributed by atoms with E-state index in [9.17, 15) is 4.79 Å². The number of rotatable bonds is 5. The summed E-state index contributed by atoms with van der Waals surface area (Å²) in [7, 11) is 0. The highest BCUT2D eigenvalue weighted by Gasteiger charge is 2.48. The summed E-state index contributed by atoms with van der Waals surface area (Å²) in [5.41, 5.74) is 3.63. The highest BCUT2D eigenvalue weighted by Crippen LogP contribution is 2.44. The molecule has 1 unspecified atom stereocenters. The number of hydrogen-bond acceptors (Lipinski definition) is 4. The van der Waals surface area contributed by atoms with Crippen molar-refractivity contribution in [2.24, 2.45) is 11.3 Å². The van der Waals surface area contributed by atoms with E-state index in [-0.39, 0.29) is 5.41 Å². The predicted octanol–water partition coefficient (Wildman–Crippen LogP) is 5.07. The Morgan fingerprint density at radius 2 is 1.69 bits per heavy atom. The molecule has 5 aliphatic rings. The van der Waals surface area contributed by atoms with Crippen molar-refractivity contribution in [3.8, 4) is 0 Å². The minimum atomic E-state index is -0.105. The number of amides is 1. The second kappa shape index (κ2) is 9.70. The zero-order valence-electron chi connectivity index (χ0n) is 22.2. The monoisotopic (exact) mass is 478 g/mol. The predicted molar refractivity (Wildman–Crippen MR) is 144 cm³/mol. The maximum absolute atomic E-state index is 13.7. The van der Waals surface area contributed by atoms with Gasteiger partial charge in [0.25, 0.3) is 0 Å². The molecule has 5 heteroatoms. The number of likely N-dealkylation sites (tertiary alicyclic amines) is 2. The van der Waals surface area contributed by atoms with Gasteiger partial charge in [0.15, 0.2) is 0 Å². The lowest BCUT2D eigenvalue weighted by molar-refractivity contribution is -0.128. The smallest absolute Gasteiger partial charge is 0.233 e. The normalized spacial score (nSPS) is 30.4. The van der Waals surface area contributed by atoms with E-state index in [0.29, 0.717) is 11.9 Å². The Balaban J connectivity index is 1.08. The van der Waals surface area contributed by atoms with Gasteiger partial charge in [-0.15, -0.1) is 0 Å². The molecular formula is C30H46N4O. The number of carbonyl (C=O) groups is 1. The molecule has 5 fully saturated rings. The zero-order chi connectivity index (χ0) is 24.0. The van der Waals surface area contributed by atoms with Gasteiger partial charge in [0.1, 0.15) is 0 Å². The van der Waals surface area contributed by atoms with Crippen LogP contribution in [0, 0.1) is 18.3 Å². The molecule has 4 saturated heterocycles. The van der Waals surface area contributed by atoms with Gasteiger partial charge in [0, 0.05) is 49.6 Å². The molecule has 4 aliphatic heterocycles. The minimum Gasteiger partial charge on any atom is -0.370 e. The number of carbonyl (C=O) groups excluding carboxylic acids is 1. The second-order valence-corrected chi connectivity index (χ2v) is 12.5. The van der Waals surface area contributed by atoms with Gasteiger partial charge in [-0.3, -0.25) is 9.69 Å². The number of aryl methyl sites for hydroxylation is 1. The maximum atomic E-state index is 13.7. The quantitative estimate of drug-likeness (QED) is 0.591. The molecule has 0 bridgehead atoms. The van der Waals surface area contributed by atoms with E-state index < -0.39 is 0 Å². The standard InChI is InChI=1S/C30H46N4O/c1-23-20-26(32-16-11-27(22-32)33-15-5-6-24(33)2)9-10-28(23)34-19-14-30(29(34)35)12-17-31(18-13-30)21-25-7-3-4-8-25/h9-10,20,24-25,27H,3-8,11-19,21-22H2,1-2H3/t24-,27?/m0/s1. The summed E-state index contributed by atoms with van der Waals surface area (Å²) >= 11 is 0. The van der Waals surface area contributed by atoms with Gasteiger partial charge in [0.05, 0.1) is 5.41 Å². The summed E-state index contributed by atoms with van der Waals surface area (Å²) in [6.45, 7) is 12.5. The van der Waals surface area contributed by atoms with Crippen LogP contribution >= 0.6 is 0 Å². The fourth-order valence-electron chi connectivity index (χ4n) is 8.12.